The lowest BCUT2D eigenvalue weighted by Gasteiger charge is -2.31. The molecule has 0 aliphatic carbocycles. The molecule has 2 heterocycles. The number of halogens is 2. The number of fused-ring (bicyclic) bond motifs is 1. The van der Waals surface area contributed by atoms with Gasteiger partial charge >= 0.3 is 0 Å². The zero-order valence-corrected chi connectivity index (χ0v) is 16.8. The molecule has 0 atom stereocenters. The van der Waals surface area contributed by atoms with Crippen LogP contribution in [-0.4, -0.2) is 53.1 Å². The number of hydrogen-bond acceptors (Lipinski definition) is 4. The number of likely N-dealkylation sites (tertiary alicyclic amines) is 1. The van der Waals surface area contributed by atoms with E-state index < -0.39 is 17.6 Å². The van der Waals surface area contributed by atoms with E-state index in [-0.39, 0.29) is 16.9 Å². The molecule has 7 nitrogen and oxygen atoms in total. The number of aromatic amines is 1. The van der Waals surface area contributed by atoms with Crippen LogP contribution in [0.4, 0.5) is 8.78 Å². The Morgan fingerprint density at radius 1 is 1.10 bits per heavy atom. The van der Waals surface area contributed by atoms with E-state index in [1.807, 2.05) is 0 Å². The first-order valence-electron chi connectivity index (χ1n) is 10.2. The van der Waals surface area contributed by atoms with Gasteiger partial charge in [-0.15, -0.1) is 0 Å². The summed E-state index contributed by atoms with van der Waals surface area (Å²) in [7, 11) is 0. The summed E-state index contributed by atoms with van der Waals surface area (Å²) in [5, 5.41) is 11.0. The van der Waals surface area contributed by atoms with Gasteiger partial charge in [-0.25, -0.2) is 8.78 Å². The SMILES string of the molecule is NC(=O)c1ccc(F)cc1C(=O)NCCN1CCC(c2[nH]nc3cc(F)ccc23)CC1. The Morgan fingerprint density at radius 2 is 1.81 bits per heavy atom. The van der Waals surface area contributed by atoms with Gasteiger partial charge in [-0.1, -0.05) is 0 Å². The van der Waals surface area contributed by atoms with Gasteiger partial charge in [0.2, 0.25) is 5.91 Å². The summed E-state index contributed by atoms with van der Waals surface area (Å²) in [6.45, 7) is 2.68. The molecule has 3 aromatic rings. The summed E-state index contributed by atoms with van der Waals surface area (Å²) in [6, 6.07) is 7.96. The summed E-state index contributed by atoms with van der Waals surface area (Å²) in [5.74, 6) is -1.90. The molecule has 1 saturated heterocycles. The lowest BCUT2D eigenvalue weighted by molar-refractivity contribution is 0.0929. The molecule has 2 amide bonds. The highest BCUT2D eigenvalue weighted by molar-refractivity contribution is 6.06. The minimum Gasteiger partial charge on any atom is -0.366 e. The molecular formula is C22H23F2N5O2. The van der Waals surface area contributed by atoms with Crippen molar-refractivity contribution in [3.05, 3.63) is 64.9 Å². The predicted molar refractivity (Wildman–Crippen MR) is 112 cm³/mol. The number of nitrogens with one attached hydrogen (secondary N) is 2. The molecule has 0 unspecified atom stereocenters. The van der Waals surface area contributed by atoms with Crippen LogP contribution in [0.15, 0.2) is 36.4 Å². The highest BCUT2D eigenvalue weighted by atomic mass is 19.1. The summed E-state index contributed by atoms with van der Waals surface area (Å²) < 4.78 is 26.9. The number of primary amides is 1. The van der Waals surface area contributed by atoms with Crippen molar-refractivity contribution in [2.45, 2.75) is 18.8 Å². The number of hydrogen-bond donors (Lipinski definition) is 3. The third-order valence-corrected chi connectivity index (χ3v) is 5.75. The van der Waals surface area contributed by atoms with Gasteiger partial charge in [0.05, 0.1) is 16.6 Å². The Labute approximate surface area is 177 Å². The van der Waals surface area contributed by atoms with Crippen LogP contribution >= 0.6 is 0 Å². The summed E-state index contributed by atoms with van der Waals surface area (Å²) in [6.07, 6.45) is 1.83. The highest BCUT2D eigenvalue weighted by Gasteiger charge is 2.24. The molecule has 9 heteroatoms. The second-order valence-corrected chi connectivity index (χ2v) is 7.72. The molecule has 1 aliphatic rings. The van der Waals surface area contributed by atoms with Crippen LogP contribution in [-0.2, 0) is 0 Å². The van der Waals surface area contributed by atoms with Crippen molar-refractivity contribution in [1.82, 2.24) is 20.4 Å². The second-order valence-electron chi connectivity index (χ2n) is 7.72. The number of aromatic nitrogens is 2. The standard InChI is InChI=1S/C22H23F2N5O2/c23-14-1-3-16(21(25)30)18(11-14)22(31)26-7-10-29-8-5-13(6-9-29)20-17-4-2-15(24)12-19(17)27-28-20/h1-4,11-13H,5-10H2,(H2,25,30)(H,26,31)(H,27,28). The zero-order chi connectivity index (χ0) is 22.0. The van der Waals surface area contributed by atoms with Gasteiger partial charge in [-0.3, -0.25) is 14.7 Å². The molecule has 4 rings (SSSR count). The molecule has 2 aromatic carbocycles. The van der Waals surface area contributed by atoms with Crippen molar-refractivity contribution < 1.29 is 18.4 Å². The summed E-state index contributed by atoms with van der Waals surface area (Å²) in [4.78, 5) is 26.1. The van der Waals surface area contributed by atoms with Crippen molar-refractivity contribution in [3.63, 3.8) is 0 Å². The van der Waals surface area contributed by atoms with Gasteiger partial charge in [-0.05, 0) is 56.3 Å². The normalized spacial score (nSPS) is 15.3. The molecule has 0 spiro atoms. The van der Waals surface area contributed by atoms with E-state index in [9.17, 15) is 18.4 Å². The van der Waals surface area contributed by atoms with E-state index in [0.29, 0.717) is 24.5 Å². The Balaban J connectivity index is 1.29. The topological polar surface area (TPSA) is 104 Å². The maximum atomic E-state index is 13.5. The molecule has 0 radical (unpaired) electrons. The fraction of sp³-hybridized carbons (Fsp3) is 0.318. The number of nitrogens with zero attached hydrogens (tertiary/aromatic N) is 2. The molecule has 1 fully saturated rings. The van der Waals surface area contributed by atoms with E-state index >= 15 is 0 Å². The predicted octanol–water partition coefficient (Wildman–Crippen LogP) is 2.55. The van der Waals surface area contributed by atoms with E-state index in [4.69, 9.17) is 5.73 Å². The number of carbonyl (C=O) groups is 2. The third kappa shape index (κ3) is 4.56. The van der Waals surface area contributed by atoms with Gasteiger partial charge in [-0.2, -0.15) is 5.10 Å². The monoisotopic (exact) mass is 427 g/mol. The van der Waals surface area contributed by atoms with Crippen LogP contribution in [0.3, 0.4) is 0 Å². The summed E-state index contributed by atoms with van der Waals surface area (Å²) in [5.41, 5.74) is 6.87. The maximum absolute atomic E-state index is 13.5. The molecule has 0 saturated carbocycles. The Kier molecular flexibility index (Phi) is 5.94. The Bertz CT molecular complexity index is 1120. The number of H-pyrrole nitrogens is 1. The van der Waals surface area contributed by atoms with Gasteiger partial charge in [0.1, 0.15) is 11.6 Å². The lowest BCUT2D eigenvalue weighted by atomic mass is 9.91. The zero-order valence-electron chi connectivity index (χ0n) is 16.8. The first-order chi connectivity index (χ1) is 14.9. The minimum absolute atomic E-state index is 0.00798. The van der Waals surface area contributed by atoms with Crippen LogP contribution in [0.2, 0.25) is 0 Å². The molecule has 1 aromatic heterocycles. The van der Waals surface area contributed by atoms with Crippen molar-refractivity contribution in [3.8, 4) is 0 Å². The summed E-state index contributed by atoms with van der Waals surface area (Å²) >= 11 is 0. The van der Waals surface area contributed by atoms with E-state index in [1.54, 1.807) is 6.07 Å². The van der Waals surface area contributed by atoms with Gasteiger partial charge in [0, 0.05) is 36.2 Å². The average Bonchev–Trinajstić information content (AvgIpc) is 3.17. The molecule has 0 bridgehead atoms. The average molecular weight is 427 g/mol. The van der Waals surface area contributed by atoms with E-state index in [1.165, 1.54) is 18.2 Å². The number of benzene rings is 2. The van der Waals surface area contributed by atoms with E-state index in [2.05, 4.69) is 20.4 Å². The van der Waals surface area contributed by atoms with Crippen molar-refractivity contribution in [1.29, 1.82) is 0 Å². The second kappa shape index (κ2) is 8.81. The van der Waals surface area contributed by atoms with Crippen LogP contribution in [0.25, 0.3) is 10.9 Å². The molecule has 31 heavy (non-hydrogen) atoms. The van der Waals surface area contributed by atoms with Crippen molar-refractivity contribution in [2.24, 2.45) is 5.73 Å². The van der Waals surface area contributed by atoms with Crippen LogP contribution in [0.5, 0.6) is 0 Å². The first-order valence-corrected chi connectivity index (χ1v) is 10.2. The Hall–Kier alpha value is -3.33. The van der Waals surface area contributed by atoms with Crippen molar-refractivity contribution in [2.75, 3.05) is 26.2 Å². The highest BCUT2D eigenvalue weighted by Crippen LogP contribution is 2.31. The fourth-order valence-corrected chi connectivity index (χ4v) is 4.10. The fourth-order valence-electron chi connectivity index (χ4n) is 4.10. The third-order valence-electron chi connectivity index (χ3n) is 5.75. The van der Waals surface area contributed by atoms with Crippen LogP contribution in [0.1, 0.15) is 45.2 Å². The maximum Gasteiger partial charge on any atom is 0.252 e. The quantitative estimate of drug-likeness (QED) is 0.562. The number of amides is 2. The molecule has 4 N–H and O–H groups in total. The molecule has 162 valence electrons. The number of nitrogens with two attached hydrogens (primary N) is 1. The lowest BCUT2D eigenvalue weighted by Crippen LogP contribution is -2.39. The number of carbonyl (C=O) groups excluding carboxylic acids is 2. The van der Waals surface area contributed by atoms with Gasteiger partial charge in [0.15, 0.2) is 0 Å². The molecule has 1 aliphatic heterocycles. The number of rotatable bonds is 6. The van der Waals surface area contributed by atoms with Gasteiger partial charge < -0.3 is 16.0 Å². The largest absolute Gasteiger partial charge is 0.366 e. The number of piperidine rings is 1. The van der Waals surface area contributed by atoms with E-state index in [0.717, 1.165) is 49.1 Å². The van der Waals surface area contributed by atoms with Crippen LogP contribution < -0.4 is 11.1 Å². The van der Waals surface area contributed by atoms with Crippen molar-refractivity contribution >= 4 is 22.7 Å². The molecular weight excluding hydrogens is 404 g/mol. The van der Waals surface area contributed by atoms with Gasteiger partial charge in [0.25, 0.3) is 5.91 Å². The smallest absolute Gasteiger partial charge is 0.252 e. The van der Waals surface area contributed by atoms with Crippen LogP contribution in [0, 0.1) is 11.6 Å². The minimum atomic E-state index is -0.777. The Morgan fingerprint density at radius 3 is 2.55 bits per heavy atom. The first kappa shape index (κ1) is 20.9.